The molecule has 5 unspecified atom stereocenters. The van der Waals surface area contributed by atoms with E-state index in [2.05, 4.69) is 197 Å². The van der Waals surface area contributed by atoms with Gasteiger partial charge in [0.15, 0.2) is 6.10 Å². The molecule has 606 valence electrons. The second-order valence-electron chi connectivity index (χ2n) is 26.5. The second-order valence-corrected chi connectivity index (χ2v) is 29.4. The summed E-state index contributed by atoms with van der Waals surface area (Å²) in [4.78, 5) is 58.7. The summed E-state index contributed by atoms with van der Waals surface area (Å²) in [7, 11) is -9.84. The summed E-state index contributed by atoms with van der Waals surface area (Å²) < 4.78 is 61.1. The minimum atomic E-state index is -4.97. The number of hydrogen-bond acceptors (Lipinski definition) is 14. The van der Waals surface area contributed by atoms with Crippen LogP contribution in [0.25, 0.3) is 0 Å². The van der Waals surface area contributed by atoms with Crippen molar-refractivity contribution in [2.45, 2.75) is 309 Å². The average molecular weight is 1530 g/mol. The number of esters is 3. The van der Waals surface area contributed by atoms with Crippen LogP contribution in [0.1, 0.15) is 290 Å². The molecule has 107 heavy (non-hydrogen) atoms. The van der Waals surface area contributed by atoms with Gasteiger partial charge in [0.25, 0.3) is 0 Å². The van der Waals surface area contributed by atoms with Crippen LogP contribution >= 0.6 is 15.6 Å². The summed E-state index contributed by atoms with van der Waals surface area (Å²) in [6.45, 7) is 2.29. The third-order valence-corrected chi connectivity index (χ3v) is 18.2. The van der Waals surface area contributed by atoms with Gasteiger partial charge in [0.2, 0.25) is 0 Å². The van der Waals surface area contributed by atoms with Gasteiger partial charge in [-0.2, -0.15) is 0 Å². The number of rotatable bonds is 75. The zero-order valence-electron chi connectivity index (χ0n) is 66.2. The minimum Gasteiger partial charge on any atom is -0.463 e. The van der Waals surface area contributed by atoms with E-state index in [0.717, 1.165) is 154 Å². The van der Waals surface area contributed by atoms with E-state index in [0.29, 0.717) is 25.7 Å². The van der Waals surface area contributed by atoms with E-state index >= 15 is 0 Å². The molecule has 0 bridgehead atoms. The van der Waals surface area contributed by atoms with E-state index in [1.807, 2.05) is 18.2 Å². The molecule has 0 saturated heterocycles. The predicted molar refractivity (Wildman–Crippen MR) is 444 cm³/mol. The van der Waals surface area contributed by atoms with Gasteiger partial charge in [-0.15, -0.1) is 0 Å². The fraction of sp³-hybridized carbons (Fsp3) is 0.607. The fourth-order valence-electron chi connectivity index (χ4n) is 10.2. The molecule has 18 heteroatoms. The Morgan fingerprint density at radius 1 is 0.271 bits per heavy atom. The van der Waals surface area contributed by atoms with E-state index in [9.17, 15) is 43.5 Å². The van der Waals surface area contributed by atoms with Crippen molar-refractivity contribution in [2.75, 3.05) is 39.6 Å². The standard InChI is InChI=1S/C89H144O16P2/c1-4-7-10-13-16-19-22-25-28-31-34-36-37-38-39-40-41-42-43-44-45-47-50-51-54-57-60-63-66-69-72-75-87(92)99-78-84(90)79-101-106(95,96)102-80-85(91)81-103-107(97,98)104-83-86(105-89(94)77-74-71-68-65-62-59-56-53-48-33-30-27-24-21-18-15-12-9-6-3)82-100-88(93)76-73-70-67-64-61-58-55-52-49-46-35-32-29-26-23-20-17-14-11-8-5-2/h7,9-10,12,16-21,25-30,34-36,38-39,41-42,46,48,52-53,55,59,62,68,71,84-86,90-91H,4-6,8,11,13-15,22-24,31-33,37,40,43-45,47,49-51,54,56-58,60-61,63-67,69-70,72-83H2,1-3H3,(H,95,96)(H,97,98)/b10-7-,12-9-,19-16-,20-17-,21-18-,28-25-,29-26-,30-27-,36-34-,39-38-,42-41-,46-35-,53-48-,55-52-,62-59-,71-68-. The van der Waals surface area contributed by atoms with E-state index in [1.165, 1.54) is 70.6 Å². The average Bonchev–Trinajstić information content (AvgIpc) is 0.906. The number of carbonyl (C=O) groups is 3. The highest BCUT2D eigenvalue weighted by Gasteiger charge is 2.29. The van der Waals surface area contributed by atoms with Crippen molar-refractivity contribution in [2.24, 2.45) is 0 Å². The third kappa shape index (κ3) is 81.2. The quantitative estimate of drug-likeness (QED) is 0.0146. The highest BCUT2D eigenvalue weighted by molar-refractivity contribution is 7.47. The van der Waals surface area contributed by atoms with Gasteiger partial charge in [-0.3, -0.25) is 32.5 Å². The van der Waals surface area contributed by atoms with Gasteiger partial charge in [0, 0.05) is 19.3 Å². The molecule has 0 fully saturated rings. The van der Waals surface area contributed by atoms with Gasteiger partial charge in [0.1, 0.15) is 25.4 Å². The lowest BCUT2D eigenvalue weighted by Crippen LogP contribution is -2.29. The Labute approximate surface area is 648 Å². The van der Waals surface area contributed by atoms with Crippen LogP contribution in [0.15, 0.2) is 194 Å². The number of allylic oxidation sites excluding steroid dienone is 32. The number of ether oxygens (including phenoxy) is 3. The minimum absolute atomic E-state index is 0.0322. The first-order valence-electron chi connectivity index (χ1n) is 40.7. The molecular weight excluding hydrogens is 1390 g/mol. The third-order valence-electron chi connectivity index (χ3n) is 16.3. The van der Waals surface area contributed by atoms with Gasteiger partial charge in [-0.1, -0.05) is 312 Å². The van der Waals surface area contributed by atoms with Gasteiger partial charge < -0.3 is 34.2 Å². The van der Waals surface area contributed by atoms with Crippen LogP contribution in [0.4, 0.5) is 0 Å². The molecule has 16 nitrogen and oxygen atoms in total. The molecule has 0 aromatic carbocycles. The lowest BCUT2D eigenvalue weighted by Gasteiger charge is -2.21. The highest BCUT2D eigenvalue weighted by Crippen LogP contribution is 2.45. The monoisotopic (exact) mass is 1530 g/mol. The number of aliphatic hydroxyl groups excluding tert-OH is 2. The largest absolute Gasteiger partial charge is 0.472 e. The van der Waals surface area contributed by atoms with Crippen LogP contribution in [0.2, 0.25) is 0 Å². The molecule has 5 atom stereocenters. The maximum absolute atomic E-state index is 13.0. The molecular formula is C89H144O16P2. The van der Waals surface area contributed by atoms with Crippen molar-refractivity contribution in [1.82, 2.24) is 0 Å². The van der Waals surface area contributed by atoms with E-state index in [4.69, 9.17) is 32.3 Å². The van der Waals surface area contributed by atoms with Crippen LogP contribution in [0.3, 0.4) is 0 Å². The van der Waals surface area contributed by atoms with Crippen molar-refractivity contribution >= 4 is 33.6 Å². The number of hydrogen-bond donors (Lipinski definition) is 4. The number of phosphoric ester groups is 2. The van der Waals surface area contributed by atoms with E-state index in [1.54, 1.807) is 0 Å². The number of phosphoric acid groups is 2. The Kier molecular flexibility index (Phi) is 75.7. The lowest BCUT2D eigenvalue weighted by molar-refractivity contribution is -0.161. The van der Waals surface area contributed by atoms with Crippen molar-refractivity contribution in [3.63, 3.8) is 0 Å². The Bertz CT molecular complexity index is 2720. The first-order valence-corrected chi connectivity index (χ1v) is 43.7. The first kappa shape index (κ1) is 101. The van der Waals surface area contributed by atoms with Crippen LogP contribution in [-0.4, -0.2) is 95.9 Å². The molecule has 0 aliphatic heterocycles. The molecule has 0 radical (unpaired) electrons. The predicted octanol–water partition coefficient (Wildman–Crippen LogP) is 24.3. The molecule has 0 aromatic rings. The van der Waals surface area contributed by atoms with Gasteiger partial charge >= 0.3 is 33.6 Å². The molecule has 0 aliphatic rings. The summed E-state index contributed by atoms with van der Waals surface area (Å²) in [5.74, 6) is -1.71. The maximum Gasteiger partial charge on any atom is 0.472 e. The fourth-order valence-corrected chi connectivity index (χ4v) is 11.8. The summed E-state index contributed by atoms with van der Waals surface area (Å²) >= 11 is 0. The number of unbranched alkanes of at least 4 members (excludes halogenated alkanes) is 20. The highest BCUT2D eigenvalue weighted by atomic mass is 31.2. The zero-order chi connectivity index (χ0) is 78.0. The maximum atomic E-state index is 13.0. The topological polar surface area (TPSA) is 231 Å². The van der Waals surface area contributed by atoms with Crippen molar-refractivity contribution < 1.29 is 75.8 Å². The molecule has 0 amide bonds. The van der Waals surface area contributed by atoms with E-state index in [-0.39, 0.29) is 19.3 Å². The molecule has 0 saturated carbocycles. The summed E-state index contributed by atoms with van der Waals surface area (Å²) in [5.41, 5.74) is 0. The summed E-state index contributed by atoms with van der Waals surface area (Å²) in [6, 6.07) is 0. The molecule has 0 rings (SSSR count). The Morgan fingerprint density at radius 2 is 0.514 bits per heavy atom. The molecule has 0 aliphatic carbocycles. The van der Waals surface area contributed by atoms with Crippen molar-refractivity contribution in [3.05, 3.63) is 194 Å². The molecule has 4 N–H and O–H groups in total. The number of carbonyl (C=O) groups excluding carboxylic acids is 3. The Hall–Kier alpha value is -5.61. The summed E-state index contributed by atoms with van der Waals surface area (Å²) in [5, 5.41) is 20.7. The lowest BCUT2D eigenvalue weighted by atomic mass is 10.0. The van der Waals surface area contributed by atoms with Crippen molar-refractivity contribution in [3.8, 4) is 0 Å². The Balaban J connectivity index is 4.65. The van der Waals surface area contributed by atoms with Gasteiger partial charge in [-0.25, -0.2) is 9.13 Å². The van der Waals surface area contributed by atoms with Crippen LogP contribution in [0, 0.1) is 0 Å². The van der Waals surface area contributed by atoms with Crippen molar-refractivity contribution in [1.29, 1.82) is 0 Å². The van der Waals surface area contributed by atoms with Gasteiger partial charge in [0.05, 0.1) is 26.4 Å². The first-order chi connectivity index (χ1) is 52.2. The van der Waals surface area contributed by atoms with Crippen LogP contribution in [-0.2, 0) is 55.8 Å². The van der Waals surface area contributed by atoms with Gasteiger partial charge in [-0.05, 0) is 154 Å². The zero-order valence-corrected chi connectivity index (χ0v) is 68.0. The van der Waals surface area contributed by atoms with Crippen LogP contribution in [0.5, 0.6) is 0 Å². The second kappa shape index (κ2) is 79.9. The molecule has 0 heterocycles. The normalized spacial score (nSPS) is 14.9. The molecule has 0 aromatic heterocycles. The summed E-state index contributed by atoms with van der Waals surface area (Å²) in [6.07, 6.45) is 105. The van der Waals surface area contributed by atoms with Crippen LogP contribution < -0.4 is 0 Å². The Morgan fingerprint density at radius 3 is 0.822 bits per heavy atom. The SMILES string of the molecule is CC/C=C\C/C=C\C/C=C\C/C=C\C/C=C\C/C=C\CCCCCCCCCCCCCCC(=O)OCC(O)COP(=O)(O)OCC(O)COP(=O)(O)OCC(COC(=O)CCCCCCC/C=C\C/C=C\C/C=C\C/C=C\CCCCC)OC(=O)CC/C=C\C/C=C\C/C=C\C/C=C\C/C=C\C/C=C\CC. The number of aliphatic hydroxyl groups is 2. The smallest absolute Gasteiger partial charge is 0.463 e. The van der Waals surface area contributed by atoms with E-state index < -0.39 is 91.5 Å². The molecule has 0 spiro atoms.